The number of pyridine rings is 2. The molecule has 0 saturated carbocycles. The molecule has 3 heterocycles. The van der Waals surface area contributed by atoms with Crippen molar-refractivity contribution in [2.75, 3.05) is 50.8 Å². The predicted molar refractivity (Wildman–Crippen MR) is 115 cm³/mol. The van der Waals surface area contributed by atoms with Crippen molar-refractivity contribution in [1.82, 2.24) is 20.2 Å². The van der Waals surface area contributed by atoms with Crippen LogP contribution in [0.1, 0.15) is 34.1 Å². The highest BCUT2D eigenvalue weighted by Gasteiger charge is 2.24. The van der Waals surface area contributed by atoms with Crippen molar-refractivity contribution in [3.05, 3.63) is 52.9 Å². The van der Waals surface area contributed by atoms with E-state index in [2.05, 4.69) is 20.2 Å². The minimum absolute atomic E-state index is 0.114. The molecule has 0 aromatic carbocycles. The van der Waals surface area contributed by atoms with Gasteiger partial charge in [-0.25, -0.2) is 9.97 Å². The summed E-state index contributed by atoms with van der Waals surface area (Å²) < 4.78 is 5.25. The summed E-state index contributed by atoms with van der Waals surface area (Å²) in [7, 11) is 0. The highest BCUT2D eigenvalue weighted by atomic mass is 35.5. The third kappa shape index (κ3) is 5.67. The topological polar surface area (TPSA) is 87.7 Å². The van der Waals surface area contributed by atoms with Crippen LogP contribution in [0.2, 0.25) is 5.15 Å². The van der Waals surface area contributed by atoms with Crippen LogP contribution in [0.5, 0.6) is 0 Å². The maximum absolute atomic E-state index is 12.6. The molecule has 1 saturated heterocycles. The minimum Gasteiger partial charge on any atom is -0.382 e. The van der Waals surface area contributed by atoms with Gasteiger partial charge >= 0.3 is 0 Å². The number of anilines is 1. The van der Waals surface area contributed by atoms with Gasteiger partial charge in [0, 0.05) is 58.3 Å². The number of aromatic nitrogens is 2. The highest BCUT2D eigenvalue weighted by Crippen LogP contribution is 2.18. The molecule has 1 aliphatic rings. The third-order valence-corrected chi connectivity index (χ3v) is 5.15. The van der Waals surface area contributed by atoms with Crippen molar-refractivity contribution in [2.24, 2.45) is 0 Å². The lowest BCUT2D eigenvalue weighted by Gasteiger charge is -2.35. The number of carbonyl (C=O) groups excluding carboxylic acids is 2. The molecular formula is C21H26ClN5O3. The molecule has 0 spiro atoms. The number of nitrogens with zero attached hydrogens (tertiary/aromatic N) is 4. The van der Waals surface area contributed by atoms with Gasteiger partial charge < -0.3 is 19.9 Å². The van der Waals surface area contributed by atoms with Gasteiger partial charge in [-0.05, 0) is 37.6 Å². The number of rotatable bonds is 8. The number of piperazine rings is 1. The monoisotopic (exact) mass is 431 g/mol. The van der Waals surface area contributed by atoms with Crippen molar-refractivity contribution < 1.29 is 14.3 Å². The molecule has 3 rings (SSSR count). The SMILES string of the molecule is CCOCCCNC(=O)c1ccc(N2CCN(C(=O)c3cccnc3Cl)CC2)nc1. The minimum atomic E-state index is -0.144. The maximum Gasteiger partial charge on any atom is 0.257 e. The Labute approximate surface area is 181 Å². The molecule has 0 aliphatic carbocycles. The van der Waals surface area contributed by atoms with E-state index in [1.165, 1.54) is 0 Å². The molecule has 1 N–H and O–H groups in total. The van der Waals surface area contributed by atoms with Gasteiger partial charge in [-0.2, -0.15) is 0 Å². The fourth-order valence-electron chi connectivity index (χ4n) is 3.18. The van der Waals surface area contributed by atoms with Gasteiger partial charge in [0.15, 0.2) is 0 Å². The van der Waals surface area contributed by atoms with E-state index in [4.69, 9.17) is 16.3 Å². The summed E-state index contributed by atoms with van der Waals surface area (Å²) in [5.74, 6) is 0.529. The Kier molecular flexibility index (Phi) is 7.98. The Bertz CT molecular complexity index is 854. The van der Waals surface area contributed by atoms with Crippen LogP contribution in [0, 0.1) is 0 Å². The van der Waals surface area contributed by atoms with E-state index >= 15 is 0 Å². The number of hydrogen-bond acceptors (Lipinski definition) is 6. The first-order valence-corrected chi connectivity index (χ1v) is 10.4. The van der Waals surface area contributed by atoms with Gasteiger partial charge in [-0.15, -0.1) is 0 Å². The lowest BCUT2D eigenvalue weighted by Crippen LogP contribution is -2.49. The Balaban J connectivity index is 1.49. The molecule has 1 aliphatic heterocycles. The molecule has 2 aromatic heterocycles. The van der Waals surface area contributed by atoms with Crippen LogP contribution >= 0.6 is 11.6 Å². The molecule has 2 amide bonds. The number of carbonyl (C=O) groups is 2. The molecule has 0 radical (unpaired) electrons. The zero-order chi connectivity index (χ0) is 21.3. The van der Waals surface area contributed by atoms with Crippen molar-refractivity contribution in [1.29, 1.82) is 0 Å². The van der Waals surface area contributed by atoms with E-state index in [9.17, 15) is 9.59 Å². The lowest BCUT2D eigenvalue weighted by atomic mass is 10.2. The average Bonchev–Trinajstić information content (AvgIpc) is 2.79. The van der Waals surface area contributed by atoms with Gasteiger partial charge in [-0.3, -0.25) is 9.59 Å². The average molecular weight is 432 g/mol. The normalized spacial score (nSPS) is 13.9. The summed E-state index contributed by atoms with van der Waals surface area (Å²) in [5, 5.41) is 3.08. The molecule has 8 nitrogen and oxygen atoms in total. The fraction of sp³-hybridized carbons (Fsp3) is 0.429. The van der Waals surface area contributed by atoms with Crippen molar-refractivity contribution in [3.63, 3.8) is 0 Å². The first-order chi connectivity index (χ1) is 14.6. The molecule has 160 valence electrons. The third-order valence-electron chi connectivity index (χ3n) is 4.85. The first kappa shape index (κ1) is 22.0. The first-order valence-electron chi connectivity index (χ1n) is 10.1. The van der Waals surface area contributed by atoms with Crippen LogP contribution in [-0.2, 0) is 4.74 Å². The summed E-state index contributed by atoms with van der Waals surface area (Å²) >= 11 is 6.04. The molecule has 0 bridgehead atoms. The van der Waals surface area contributed by atoms with Crippen LogP contribution in [-0.4, -0.2) is 72.6 Å². The largest absolute Gasteiger partial charge is 0.382 e. The van der Waals surface area contributed by atoms with Gasteiger partial charge in [0.1, 0.15) is 11.0 Å². The van der Waals surface area contributed by atoms with Crippen LogP contribution < -0.4 is 10.2 Å². The van der Waals surface area contributed by atoms with E-state index in [-0.39, 0.29) is 17.0 Å². The summed E-state index contributed by atoms with van der Waals surface area (Å²) in [5.41, 5.74) is 0.942. The molecule has 2 aromatic rings. The second kappa shape index (κ2) is 10.9. The van der Waals surface area contributed by atoms with Crippen molar-refractivity contribution in [3.8, 4) is 0 Å². The van der Waals surface area contributed by atoms with Gasteiger partial charge in [0.05, 0.1) is 11.1 Å². The quantitative estimate of drug-likeness (QED) is 0.509. The zero-order valence-electron chi connectivity index (χ0n) is 17.0. The Morgan fingerprint density at radius 2 is 1.97 bits per heavy atom. The van der Waals surface area contributed by atoms with E-state index in [0.717, 1.165) is 12.2 Å². The van der Waals surface area contributed by atoms with E-state index in [0.29, 0.717) is 57.1 Å². The van der Waals surface area contributed by atoms with Crippen LogP contribution in [0.25, 0.3) is 0 Å². The summed E-state index contributed by atoms with van der Waals surface area (Å²) in [6, 6.07) is 7.00. The van der Waals surface area contributed by atoms with Crippen LogP contribution in [0.3, 0.4) is 0 Å². The lowest BCUT2D eigenvalue weighted by molar-refractivity contribution is 0.0746. The van der Waals surface area contributed by atoms with Gasteiger partial charge in [0.25, 0.3) is 11.8 Å². The van der Waals surface area contributed by atoms with Crippen molar-refractivity contribution in [2.45, 2.75) is 13.3 Å². The number of hydrogen-bond donors (Lipinski definition) is 1. The Morgan fingerprint density at radius 1 is 1.17 bits per heavy atom. The molecule has 1 fully saturated rings. The van der Waals surface area contributed by atoms with E-state index in [1.807, 2.05) is 13.0 Å². The van der Waals surface area contributed by atoms with Gasteiger partial charge in [0.2, 0.25) is 0 Å². The second-order valence-electron chi connectivity index (χ2n) is 6.83. The molecule has 30 heavy (non-hydrogen) atoms. The summed E-state index contributed by atoms with van der Waals surface area (Å²) in [6.45, 7) is 6.26. The Morgan fingerprint density at radius 3 is 2.63 bits per heavy atom. The smallest absolute Gasteiger partial charge is 0.257 e. The number of ether oxygens (including phenoxy) is 1. The predicted octanol–water partition coefficient (Wildman–Crippen LogP) is 2.25. The molecule has 0 unspecified atom stereocenters. The van der Waals surface area contributed by atoms with Crippen molar-refractivity contribution >= 4 is 29.2 Å². The number of nitrogens with one attached hydrogen (secondary N) is 1. The molecule has 9 heteroatoms. The standard InChI is InChI=1S/C21H26ClN5O3/c1-2-30-14-4-9-24-20(28)16-6-7-18(25-15-16)26-10-12-27(13-11-26)21(29)17-5-3-8-23-19(17)22/h3,5-8,15H,2,4,9-14H2,1H3,(H,24,28). The molecule has 0 atom stereocenters. The molecular weight excluding hydrogens is 406 g/mol. The maximum atomic E-state index is 12.6. The van der Waals surface area contributed by atoms with E-state index < -0.39 is 0 Å². The van der Waals surface area contributed by atoms with Crippen LogP contribution in [0.4, 0.5) is 5.82 Å². The van der Waals surface area contributed by atoms with Gasteiger partial charge in [-0.1, -0.05) is 11.6 Å². The second-order valence-corrected chi connectivity index (χ2v) is 7.19. The fourth-order valence-corrected chi connectivity index (χ4v) is 3.38. The number of amides is 2. The number of halogens is 1. The summed E-state index contributed by atoms with van der Waals surface area (Å²) in [6.07, 6.45) is 3.92. The van der Waals surface area contributed by atoms with E-state index in [1.54, 1.807) is 35.5 Å². The Hall–Kier alpha value is -2.71. The summed E-state index contributed by atoms with van der Waals surface area (Å²) in [4.78, 5) is 37.1. The zero-order valence-corrected chi connectivity index (χ0v) is 17.8. The van der Waals surface area contributed by atoms with Crippen LogP contribution in [0.15, 0.2) is 36.7 Å². The highest BCUT2D eigenvalue weighted by molar-refractivity contribution is 6.32.